The number of aryl methyl sites for hydroxylation is 1. The Morgan fingerprint density at radius 3 is 2.50 bits per heavy atom. The Balaban J connectivity index is 1.50. The van der Waals surface area contributed by atoms with Gasteiger partial charge in [0, 0.05) is 48.0 Å². The van der Waals surface area contributed by atoms with Crippen LogP contribution in [0.2, 0.25) is 5.02 Å². The number of phenolic OH excluding ortho intramolecular Hbond substituents is 1. The van der Waals surface area contributed by atoms with Gasteiger partial charge >= 0.3 is 0 Å². The Hall–Kier alpha value is -3.75. The Labute approximate surface area is 203 Å². The van der Waals surface area contributed by atoms with Gasteiger partial charge in [0.2, 0.25) is 0 Å². The van der Waals surface area contributed by atoms with Crippen molar-refractivity contribution in [3.63, 3.8) is 0 Å². The van der Waals surface area contributed by atoms with E-state index in [9.17, 15) is 9.90 Å². The van der Waals surface area contributed by atoms with Crippen LogP contribution in [0.25, 0.3) is 11.1 Å². The summed E-state index contributed by atoms with van der Waals surface area (Å²) >= 11 is 6.29. The SMILES string of the molecule is Cc1cc(-c2cc(O)ccc2Cl)cc(N)c1N=C(N)Nc1ccc(C(=O)N2CCNCC2)cc1. The zero-order chi connectivity index (χ0) is 24.2. The van der Waals surface area contributed by atoms with Gasteiger partial charge in [0.15, 0.2) is 5.96 Å². The normalized spacial score (nSPS) is 14.2. The molecular formula is C25H27ClN6O2. The fourth-order valence-electron chi connectivity index (χ4n) is 3.89. The second kappa shape index (κ2) is 10.0. The van der Waals surface area contributed by atoms with Crippen LogP contribution in [0.3, 0.4) is 0 Å². The molecular weight excluding hydrogens is 452 g/mol. The second-order valence-corrected chi connectivity index (χ2v) is 8.54. The van der Waals surface area contributed by atoms with Crippen LogP contribution in [-0.2, 0) is 0 Å². The van der Waals surface area contributed by atoms with Crippen LogP contribution in [-0.4, -0.2) is 48.1 Å². The average Bonchev–Trinajstić information content (AvgIpc) is 2.83. The van der Waals surface area contributed by atoms with Crippen molar-refractivity contribution < 1.29 is 9.90 Å². The van der Waals surface area contributed by atoms with Crippen molar-refractivity contribution in [3.8, 4) is 16.9 Å². The summed E-state index contributed by atoms with van der Waals surface area (Å²) in [7, 11) is 0. The maximum absolute atomic E-state index is 12.6. The molecule has 0 spiro atoms. The molecule has 0 bridgehead atoms. The quantitative estimate of drug-likeness (QED) is 0.221. The monoisotopic (exact) mass is 478 g/mol. The van der Waals surface area contributed by atoms with Gasteiger partial charge in [0.05, 0.1) is 11.4 Å². The Bertz CT molecular complexity index is 1210. The van der Waals surface area contributed by atoms with Crippen LogP contribution in [0.1, 0.15) is 15.9 Å². The van der Waals surface area contributed by atoms with Crippen molar-refractivity contribution in [2.75, 3.05) is 37.2 Å². The molecule has 1 aliphatic rings. The summed E-state index contributed by atoms with van der Waals surface area (Å²) in [4.78, 5) is 18.9. The predicted octanol–water partition coefficient (Wildman–Crippen LogP) is 3.71. The van der Waals surface area contributed by atoms with Crippen molar-refractivity contribution in [3.05, 3.63) is 70.7 Å². The maximum Gasteiger partial charge on any atom is 0.253 e. The largest absolute Gasteiger partial charge is 0.508 e. The number of nitrogens with zero attached hydrogens (tertiary/aromatic N) is 2. The molecule has 1 amide bonds. The van der Waals surface area contributed by atoms with Gasteiger partial charge in [-0.05, 0) is 72.6 Å². The molecule has 176 valence electrons. The number of anilines is 2. The van der Waals surface area contributed by atoms with E-state index in [0.717, 1.165) is 24.2 Å². The summed E-state index contributed by atoms with van der Waals surface area (Å²) in [5, 5.41) is 16.6. The molecule has 9 heteroatoms. The second-order valence-electron chi connectivity index (χ2n) is 8.14. The first-order valence-corrected chi connectivity index (χ1v) is 11.3. The lowest BCUT2D eigenvalue weighted by Gasteiger charge is -2.27. The van der Waals surface area contributed by atoms with Gasteiger partial charge < -0.3 is 32.1 Å². The number of piperazine rings is 1. The molecule has 0 aliphatic carbocycles. The molecule has 0 radical (unpaired) electrons. The molecule has 8 nitrogen and oxygen atoms in total. The first-order valence-electron chi connectivity index (χ1n) is 10.9. The van der Waals surface area contributed by atoms with Crippen molar-refractivity contribution >= 4 is 40.5 Å². The molecule has 1 aliphatic heterocycles. The molecule has 0 aromatic heterocycles. The lowest BCUT2D eigenvalue weighted by atomic mass is 10.0. The third-order valence-electron chi connectivity index (χ3n) is 5.63. The van der Waals surface area contributed by atoms with Crippen molar-refractivity contribution in [2.24, 2.45) is 10.7 Å². The standard InChI is InChI=1S/C25H27ClN6O2/c1-15-12-17(20-14-19(33)6-7-21(20)26)13-22(27)23(15)31-25(28)30-18-4-2-16(3-5-18)24(34)32-10-8-29-9-11-32/h2-7,12-14,29,33H,8-11,27H2,1H3,(H3,28,30,31). The third kappa shape index (κ3) is 5.24. The highest BCUT2D eigenvalue weighted by Gasteiger charge is 2.17. The number of hydrogen-bond acceptors (Lipinski definition) is 5. The number of nitrogens with one attached hydrogen (secondary N) is 2. The minimum Gasteiger partial charge on any atom is -0.508 e. The van der Waals surface area contributed by atoms with Gasteiger partial charge in [-0.15, -0.1) is 0 Å². The lowest BCUT2D eigenvalue weighted by Crippen LogP contribution is -2.46. The number of guanidine groups is 1. The zero-order valence-corrected chi connectivity index (χ0v) is 19.6. The van der Waals surface area contributed by atoms with Crippen LogP contribution in [0.5, 0.6) is 5.75 Å². The van der Waals surface area contributed by atoms with Crippen LogP contribution < -0.4 is 22.1 Å². The number of phenols is 1. The fraction of sp³-hybridized carbons (Fsp3) is 0.200. The number of benzene rings is 3. The third-order valence-corrected chi connectivity index (χ3v) is 5.96. The van der Waals surface area contributed by atoms with E-state index in [2.05, 4.69) is 15.6 Å². The zero-order valence-electron chi connectivity index (χ0n) is 18.8. The van der Waals surface area contributed by atoms with Gasteiger partial charge in [-0.1, -0.05) is 11.6 Å². The molecule has 0 saturated carbocycles. The number of halogens is 1. The molecule has 1 saturated heterocycles. The molecule has 4 rings (SSSR count). The number of carbonyl (C=O) groups excluding carboxylic acids is 1. The van der Waals surface area contributed by atoms with E-state index in [1.54, 1.807) is 42.5 Å². The minimum absolute atomic E-state index is 0.0185. The van der Waals surface area contributed by atoms with E-state index < -0.39 is 0 Å². The van der Waals surface area contributed by atoms with Crippen LogP contribution in [0.15, 0.2) is 59.6 Å². The smallest absolute Gasteiger partial charge is 0.253 e. The highest BCUT2D eigenvalue weighted by Crippen LogP contribution is 2.37. The highest BCUT2D eigenvalue weighted by molar-refractivity contribution is 6.33. The number of rotatable bonds is 4. The summed E-state index contributed by atoms with van der Waals surface area (Å²) < 4.78 is 0. The number of amides is 1. The van der Waals surface area contributed by atoms with Crippen LogP contribution in [0, 0.1) is 6.92 Å². The summed E-state index contributed by atoms with van der Waals surface area (Å²) in [5.41, 5.74) is 16.9. The van der Waals surface area contributed by atoms with Crippen molar-refractivity contribution in [1.82, 2.24) is 10.2 Å². The summed E-state index contributed by atoms with van der Waals surface area (Å²) in [6.07, 6.45) is 0. The Kier molecular flexibility index (Phi) is 6.90. The van der Waals surface area contributed by atoms with E-state index in [1.165, 1.54) is 6.07 Å². The first kappa shape index (κ1) is 23.4. The molecule has 1 fully saturated rings. The highest BCUT2D eigenvalue weighted by atomic mass is 35.5. The number of nitrogens with two attached hydrogens (primary N) is 2. The van der Waals surface area contributed by atoms with E-state index in [4.69, 9.17) is 23.1 Å². The van der Waals surface area contributed by atoms with E-state index in [0.29, 0.717) is 46.3 Å². The van der Waals surface area contributed by atoms with Crippen LogP contribution >= 0.6 is 11.6 Å². The topological polar surface area (TPSA) is 129 Å². The maximum atomic E-state index is 12.6. The van der Waals surface area contributed by atoms with E-state index in [-0.39, 0.29) is 17.6 Å². The number of nitrogen functional groups attached to an aromatic ring is 1. The van der Waals surface area contributed by atoms with E-state index >= 15 is 0 Å². The summed E-state index contributed by atoms with van der Waals surface area (Å²) in [5.74, 6) is 0.302. The molecule has 3 aromatic carbocycles. The number of hydrogen-bond donors (Lipinski definition) is 5. The van der Waals surface area contributed by atoms with Crippen molar-refractivity contribution in [2.45, 2.75) is 6.92 Å². The van der Waals surface area contributed by atoms with Crippen molar-refractivity contribution in [1.29, 1.82) is 0 Å². The first-order chi connectivity index (χ1) is 16.3. The molecule has 3 aromatic rings. The Morgan fingerprint density at radius 1 is 1.12 bits per heavy atom. The Morgan fingerprint density at radius 2 is 1.82 bits per heavy atom. The molecule has 7 N–H and O–H groups in total. The van der Waals surface area contributed by atoms with Gasteiger partial charge in [0.1, 0.15) is 5.75 Å². The summed E-state index contributed by atoms with van der Waals surface area (Å²) in [6.45, 7) is 4.90. The molecule has 34 heavy (non-hydrogen) atoms. The molecule has 1 heterocycles. The predicted molar refractivity (Wildman–Crippen MR) is 138 cm³/mol. The lowest BCUT2D eigenvalue weighted by molar-refractivity contribution is 0.0736. The van der Waals surface area contributed by atoms with E-state index in [1.807, 2.05) is 17.9 Å². The average molecular weight is 479 g/mol. The van der Waals surface area contributed by atoms with Gasteiger partial charge in [0.25, 0.3) is 5.91 Å². The van der Waals surface area contributed by atoms with Gasteiger partial charge in [-0.3, -0.25) is 4.79 Å². The number of carbonyl (C=O) groups is 1. The van der Waals surface area contributed by atoms with Gasteiger partial charge in [-0.25, -0.2) is 4.99 Å². The minimum atomic E-state index is 0.0185. The summed E-state index contributed by atoms with van der Waals surface area (Å²) in [6, 6.07) is 15.5. The molecule has 0 atom stereocenters. The molecule has 0 unspecified atom stereocenters. The number of aromatic hydroxyl groups is 1. The van der Waals surface area contributed by atoms with Crippen LogP contribution in [0.4, 0.5) is 17.1 Å². The number of aliphatic imine (C=N–C) groups is 1. The van der Waals surface area contributed by atoms with Gasteiger partial charge in [-0.2, -0.15) is 0 Å². The fourth-order valence-corrected chi connectivity index (χ4v) is 4.12.